The van der Waals surface area contributed by atoms with E-state index in [9.17, 15) is 0 Å². The molecule has 2 rings (SSSR count). The van der Waals surface area contributed by atoms with Crippen LogP contribution in [0.5, 0.6) is 11.5 Å². The molecule has 0 aromatic heterocycles. The molecule has 0 amide bonds. The van der Waals surface area contributed by atoms with Crippen molar-refractivity contribution in [2.75, 3.05) is 32.8 Å². The van der Waals surface area contributed by atoms with Gasteiger partial charge in [-0.15, -0.1) is 0 Å². The van der Waals surface area contributed by atoms with Crippen molar-refractivity contribution in [3.8, 4) is 11.5 Å². The summed E-state index contributed by atoms with van der Waals surface area (Å²) in [6, 6.07) is 4.09. The van der Waals surface area contributed by atoms with Gasteiger partial charge in [0.1, 0.15) is 0 Å². The molecule has 4 nitrogen and oxygen atoms in total. The van der Waals surface area contributed by atoms with Gasteiger partial charge in [-0.2, -0.15) is 0 Å². The van der Waals surface area contributed by atoms with Gasteiger partial charge in [0.25, 0.3) is 0 Å². The third-order valence-corrected chi connectivity index (χ3v) is 4.66. The maximum Gasteiger partial charge on any atom is 0.162 e. The van der Waals surface area contributed by atoms with Crippen molar-refractivity contribution in [1.82, 2.24) is 10.6 Å². The Bertz CT molecular complexity index is 462. The molecule has 0 saturated carbocycles. The fourth-order valence-corrected chi connectivity index (χ4v) is 3.21. The predicted octanol–water partition coefficient (Wildman–Crippen LogP) is 3.34. The summed E-state index contributed by atoms with van der Waals surface area (Å²) in [5.41, 5.74) is 1.21. The highest BCUT2D eigenvalue weighted by Crippen LogP contribution is 2.34. The van der Waals surface area contributed by atoms with Crippen LogP contribution in [0.4, 0.5) is 0 Å². The maximum atomic E-state index is 5.70. The van der Waals surface area contributed by atoms with Crippen molar-refractivity contribution in [3.63, 3.8) is 0 Å². The molecule has 1 aromatic rings. The summed E-state index contributed by atoms with van der Waals surface area (Å²) in [5, 5.41) is 6.98. The van der Waals surface area contributed by atoms with E-state index in [1.165, 1.54) is 18.4 Å². The van der Waals surface area contributed by atoms with Crippen LogP contribution in [0, 0.1) is 5.92 Å². The number of ether oxygens (including phenoxy) is 2. The molecule has 1 aromatic carbocycles. The molecule has 1 fully saturated rings. The number of benzene rings is 1. The lowest BCUT2D eigenvalue weighted by molar-refractivity contribution is 0.287. The largest absolute Gasteiger partial charge is 0.490 e. The van der Waals surface area contributed by atoms with Gasteiger partial charge in [0.15, 0.2) is 11.5 Å². The SMILES string of the molecule is CCOc1cc(Br)c(CNCC2CCNCC2)cc1OCC. The number of hydrogen-bond donors (Lipinski definition) is 2. The first-order valence-corrected chi connectivity index (χ1v) is 9.03. The topological polar surface area (TPSA) is 42.5 Å². The van der Waals surface area contributed by atoms with Crippen molar-refractivity contribution in [1.29, 1.82) is 0 Å². The molecule has 1 aliphatic rings. The van der Waals surface area contributed by atoms with E-state index in [0.29, 0.717) is 13.2 Å². The summed E-state index contributed by atoms with van der Waals surface area (Å²) in [5.74, 6) is 2.42. The third-order valence-electron chi connectivity index (χ3n) is 3.92. The van der Waals surface area contributed by atoms with Gasteiger partial charge in [0.05, 0.1) is 13.2 Å². The minimum Gasteiger partial charge on any atom is -0.490 e. The molecule has 5 heteroatoms. The zero-order valence-corrected chi connectivity index (χ0v) is 15.2. The molecule has 0 radical (unpaired) electrons. The number of nitrogens with one attached hydrogen (secondary N) is 2. The summed E-state index contributed by atoms with van der Waals surface area (Å²) in [6.07, 6.45) is 2.53. The lowest BCUT2D eigenvalue weighted by Crippen LogP contribution is -2.33. The number of rotatable bonds is 8. The number of piperidine rings is 1. The second-order valence-electron chi connectivity index (χ2n) is 5.58. The van der Waals surface area contributed by atoms with Crippen LogP contribution in [-0.4, -0.2) is 32.8 Å². The number of halogens is 1. The molecule has 0 unspecified atom stereocenters. The smallest absolute Gasteiger partial charge is 0.162 e. The van der Waals surface area contributed by atoms with Gasteiger partial charge in [0.2, 0.25) is 0 Å². The van der Waals surface area contributed by atoms with Crippen molar-refractivity contribution in [2.45, 2.75) is 33.2 Å². The lowest BCUT2D eigenvalue weighted by atomic mass is 9.98. The van der Waals surface area contributed by atoms with Gasteiger partial charge in [-0.25, -0.2) is 0 Å². The highest BCUT2D eigenvalue weighted by molar-refractivity contribution is 9.10. The Morgan fingerprint density at radius 2 is 1.77 bits per heavy atom. The molecule has 22 heavy (non-hydrogen) atoms. The summed E-state index contributed by atoms with van der Waals surface area (Å²) in [4.78, 5) is 0. The van der Waals surface area contributed by atoms with E-state index < -0.39 is 0 Å². The summed E-state index contributed by atoms with van der Waals surface area (Å²) in [6.45, 7) is 9.47. The Morgan fingerprint density at radius 3 is 2.41 bits per heavy atom. The molecule has 1 heterocycles. The number of hydrogen-bond acceptors (Lipinski definition) is 4. The van der Waals surface area contributed by atoms with Gasteiger partial charge >= 0.3 is 0 Å². The summed E-state index contributed by atoms with van der Waals surface area (Å²) < 4.78 is 12.4. The van der Waals surface area contributed by atoms with Gasteiger partial charge < -0.3 is 20.1 Å². The van der Waals surface area contributed by atoms with Crippen LogP contribution < -0.4 is 20.1 Å². The van der Waals surface area contributed by atoms with Crippen molar-refractivity contribution < 1.29 is 9.47 Å². The lowest BCUT2D eigenvalue weighted by Gasteiger charge is -2.23. The van der Waals surface area contributed by atoms with Gasteiger partial charge in [-0.1, -0.05) is 15.9 Å². The minimum absolute atomic E-state index is 0.639. The Hall–Kier alpha value is -0.780. The zero-order chi connectivity index (χ0) is 15.8. The fraction of sp³-hybridized carbons (Fsp3) is 0.647. The van der Waals surface area contributed by atoms with Crippen molar-refractivity contribution >= 4 is 15.9 Å². The zero-order valence-electron chi connectivity index (χ0n) is 13.6. The summed E-state index contributed by atoms with van der Waals surface area (Å²) in [7, 11) is 0. The molecule has 0 atom stereocenters. The first-order valence-electron chi connectivity index (χ1n) is 8.24. The highest BCUT2D eigenvalue weighted by atomic mass is 79.9. The maximum absolute atomic E-state index is 5.70. The van der Waals surface area contributed by atoms with Crippen LogP contribution in [0.1, 0.15) is 32.3 Å². The van der Waals surface area contributed by atoms with E-state index in [0.717, 1.165) is 48.1 Å². The average molecular weight is 371 g/mol. The Kier molecular flexibility index (Phi) is 7.49. The molecule has 2 N–H and O–H groups in total. The molecule has 1 aliphatic heterocycles. The van der Waals surface area contributed by atoms with Gasteiger partial charge in [-0.05, 0) is 69.9 Å². The Labute approximate surface area is 142 Å². The molecule has 0 aliphatic carbocycles. The van der Waals surface area contributed by atoms with Crippen LogP contribution >= 0.6 is 15.9 Å². The Morgan fingerprint density at radius 1 is 1.14 bits per heavy atom. The van der Waals surface area contributed by atoms with Crippen LogP contribution in [-0.2, 0) is 6.54 Å². The highest BCUT2D eigenvalue weighted by Gasteiger charge is 2.14. The second-order valence-corrected chi connectivity index (χ2v) is 6.43. The van der Waals surface area contributed by atoms with Crippen LogP contribution in [0.15, 0.2) is 16.6 Å². The predicted molar refractivity (Wildman–Crippen MR) is 93.8 cm³/mol. The van der Waals surface area contributed by atoms with Gasteiger partial charge in [0, 0.05) is 11.0 Å². The van der Waals surface area contributed by atoms with E-state index in [1.807, 2.05) is 19.9 Å². The molecule has 1 saturated heterocycles. The van der Waals surface area contributed by atoms with E-state index in [4.69, 9.17) is 9.47 Å². The second kappa shape index (κ2) is 9.38. The van der Waals surface area contributed by atoms with Crippen LogP contribution in [0.3, 0.4) is 0 Å². The van der Waals surface area contributed by atoms with E-state index in [1.54, 1.807) is 0 Å². The molecule has 124 valence electrons. The average Bonchev–Trinajstić information content (AvgIpc) is 2.53. The fourth-order valence-electron chi connectivity index (χ4n) is 2.75. The minimum atomic E-state index is 0.639. The summed E-state index contributed by atoms with van der Waals surface area (Å²) >= 11 is 3.64. The van der Waals surface area contributed by atoms with Crippen molar-refractivity contribution in [2.24, 2.45) is 5.92 Å². The first kappa shape index (κ1) is 17.6. The third kappa shape index (κ3) is 5.14. The monoisotopic (exact) mass is 370 g/mol. The first-order chi connectivity index (χ1) is 10.7. The molecule has 0 spiro atoms. The van der Waals surface area contributed by atoms with Gasteiger partial charge in [-0.3, -0.25) is 0 Å². The van der Waals surface area contributed by atoms with E-state index >= 15 is 0 Å². The van der Waals surface area contributed by atoms with E-state index in [2.05, 4.69) is 32.6 Å². The Balaban J connectivity index is 1.95. The quantitative estimate of drug-likeness (QED) is 0.736. The molecular formula is C17H27BrN2O2. The molecule has 0 bridgehead atoms. The normalized spacial score (nSPS) is 15.8. The van der Waals surface area contributed by atoms with Crippen LogP contribution in [0.25, 0.3) is 0 Å². The van der Waals surface area contributed by atoms with Crippen molar-refractivity contribution in [3.05, 3.63) is 22.2 Å². The van der Waals surface area contributed by atoms with E-state index in [-0.39, 0.29) is 0 Å². The standard InChI is InChI=1S/C17H27BrN2O2/c1-3-21-16-9-14(15(18)10-17(16)22-4-2)12-20-11-13-5-7-19-8-6-13/h9-10,13,19-20H,3-8,11-12H2,1-2H3. The molecular weight excluding hydrogens is 344 g/mol. The van der Waals surface area contributed by atoms with Crippen LogP contribution in [0.2, 0.25) is 0 Å².